The topological polar surface area (TPSA) is 9.23 Å². The van der Waals surface area contributed by atoms with Crippen molar-refractivity contribution in [3.63, 3.8) is 0 Å². The molecule has 19 heavy (non-hydrogen) atoms. The van der Waals surface area contributed by atoms with Gasteiger partial charge >= 0.3 is 6.18 Å². The van der Waals surface area contributed by atoms with E-state index in [0.29, 0.717) is 5.76 Å². The number of ether oxygens (including phenoxy) is 1. The minimum atomic E-state index is -4.37. The van der Waals surface area contributed by atoms with Gasteiger partial charge < -0.3 is 4.74 Å². The summed E-state index contributed by atoms with van der Waals surface area (Å²) in [6.45, 7) is 3.61. The highest BCUT2D eigenvalue weighted by Crippen LogP contribution is 2.32. The molecule has 1 aromatic rings. The Labute approximate surface area is 109 Å². The molecule has 0 amide bonds. The maximum absolute atomic E-state index is 12.8. The van der Waals surface area contributed by atoms with Crippen LogP contribution in [0.15, 0.2) is 60.4 Å². The van der Waals surface area contributed by atoms with Gasteiger partial charge in [-0.05, 0) is 6.07 Å². The summed E-state index contributed by atoms with van der Waals surface area (Å²) in [5, 5.41) is 0. The van der Waals surface area contributed by atoms with E-state index in [1.165, 1.54) is 12.1 Å². The van der Waals surface area contributed by atoms with Crippen LogP contribution in [0.5, 0.6) is 0 Å². The molecule has 0 radical (unpaired) electrons. The largest absolute Gasteiger partial charge is 0.467 e. The Morgan fingerprint density at radius 3 is 2.63 bits per heavy atom. The molecule has 1 nitrogen and oxygen atoms in total. The molecule has 0 saturated heterocycles. The van der Waals surface area contributed by atoms with Crippen LogP contribution in [-0.4, -0.2) is 0 Å². The summed E-state index contributed by atoms with van der Waals surface area (Å²) in [6, 6.07) is 5.39. The van der Waals surface area contributed by atoms with E-state index < -0.39 is 11.7 Å². The molecule has 98 valence electrons. The Kier molecular flexibility index (Phi) is 3.69. The highest BCUT2D eigenvalue weighted by Gasteiger charge is 2.33. The van der Waals surface area contributed by atoms with Gasteiger partial charge in [0, 0.05) is 11.6 Å². The lowest BCUT2D eigenvalue weighted by molar-refractivity contribution is -0.138. The molecule has 0 spiro atoms. The van der Waals surface area contributed by atoms with Crippen LogP contribution in [0.3, 0.4) is 0 Å². The average Bonchev–Trinajstić information content (AvgIpc) is 2.36. The third kappa shape index (κ3) is 3.44. The average molecular weight is 265 g/mol. The lowest BCUT2D eigenvalue weighted by Gasteiger charge is -2.13. The lowest BCUT2D eigenvalue weighted by Crippen LogP contribution is -2.10. The van der Waals surface area contributed by atoms with Crippen LogP contribution in [0.25, 0.3) is 0 Å². The Bertz CT molecular complexity index is 539. The zero-order chi connectivity index (χ0) is 13.9. The molecule has 0 N–H and O–H groups in total. The van der Waals surface area contributed by atoms with Crippen molar-refractivity contribution in [2.75, 3.05) is 0 Å². The molecule has 0 heterocycles. The summed E-state index contributed by atoms with van der Waals surface area (Å²) in [4.78, 5) is 0. The van der Waals surface area contributed by atoms with E-state index in [0.717, 1.165) is 11.6 Å². The standard InChI is InChI=1S/C15H12F3O/c1-11-5-4-7-13(9-11)19-10-12-6-2-3-8-14(12)15(16,17)18/h2-9H,1,10H2/q+1. The number of hydrogen-bond acceptors (Lipinski definition) is 1. The molecule has 0 saturated carbocycles. The smallest absolute Gasteiger partial charge is 0.416 e. The Hall–Kier alpha value is -2.10. The van der Waals surface area contributed by atoms with Crippen LogP contribution in [0.1, 0.15) is 11.1 Å². The number of allylic oxidation sites excluding steroid dienone is 4. The number of hydrogen-bond donors (Lipinski definition) is 0. The lowest BCUT2D eigenvalue weighted by atomic mass is 10.1. The van der Waals surface area contributed by atoms with Gasteiger partial charge in [0.05, 0.1) is 29.7 Å². The van der Waals surface area contributed by atoms with E-state index in [4.69, 9.17) is 4.74 Å². The highest BCUT2D eigenvalue weighted by atomic mass is 19.4. The van der Waals surface area contributed by atoms with Crippen LogP contribution in [0.2, 0.25) is 0 Å². The summed E-state index contributed by atoms with van der Waals surface area (Å²) in [5.41, 5.74) is 0.201. The number of alkyl halides is 3. The first-order valence-electron chi connectivity index (χ1n) is 5.67. The summed E-state index contributed by atoms with van der Waals surface area (Å²) in [7, 11) is 0. The van der Waals surface area contributed by atoms with Crippen LogP contribution in [-0.2, 0) is 17.5 Å². The summed E-state index contributed by atoms with van der Waals surface area (Å²) < 4.78 is 43.7. The molecule has 0 unspecified atom stereocenters. The fourth-order valence-electron chi connectivity index (χ4n) is 1.72. The fraction of sp³-hybridized carbons (Fsp3) is 0.133. The van der Waals surface area contributed by atoms with Crippen LogP contribution >= 0.6 is 0 Å². The minimum Gasteiger partial charge on any atom is -0.467 e. The predicted molar refractivity (Wildman–Crippen MR) is 66.9 cm³/mol. The van der Waals surface area contributed by atoms with Gasteiger partial charge in [0.2, 0.25) is 5.76 Å². The quantitative estimate of drug-likeness (QED) is 0.734. The summed E-state index contributed by atoms with van der Waals surface area (Å²) in [6.07, 6.45) is 2.53. The van der Waals surface area contributed by atoms with Gasteiger partial charge in [-0.1, -0.05) is 24.8 Å². The molecule has 4 heteroatoms. The van der Waals surface area contributed by atoms with Crippen molar-refractivity contribution in [2.45, 2.75) is 12.8 Å². The molecule has 1 aliphatic carbocycles. The van der Waals surface area contributed by atoms with Gasteiger partial charge in [-0.3, -0.25) is 0 Å². The molecule has 1 aromatic carbocycles. The van der Waals surface area contributed by atoms with Crippen molar-refractivity contribution in [1.82, 2.24) is 0 Å². The first kappa shape index (κ1) is 13.3. The molecule has 0 aliphatic heterocycles. The highest BCUT2D eigenvalue weighted by molar-refractivity contribution is 5.39. The van der Waals surface area contributed by atoms with Gasteiger partial charge in [0.1, 0.15) is 6.61 Å². The van der Waals surface area contributed by atoms with Crippen LogP contribution in [0, 0.1) is 6.42 Å². The molecule has 0 aromatic heterocycles. The summed E-state index contributed by atoms with van der Waals surface area (Å²) >= 11 is 0. The van der Waals surface area contributed by atoms with E-state index in [1.54, 1.807) is 30.7 Å². The Morgan fingerprint density at radius 1 is 1.21 bits per heavy atom. The molecule has 0 atom stereocenters. The first-order chi connectivity index (χ1) is 8.97. The number of rotatable bonds is 3. The minimum absolute atomic E-state index is 0.115. The van der Waals surface area contributed by atoms with Gasteiger partial charge in [-0.15, -0.1) is 0 Å². The second kappa shape index (κ2) is 5.26. The van der Waals surface area contributed by atoms with E-state index in [9.17, 15) is 13.2 Å². The second-order valence-corrected chi connectivity index (χ2v) is 4.09. The predicted octanol–water partition coefficient (Wildman–Crippen LogP) is 4.44. The molecule has 0 bridgehead atoms. The van der Waals surface area contributed by atoms with E-state index in [2.05, 4.69) is 6.58 Å². The van der Waals surface area contributed by atoms with Crippen molar-refractivity contribution < 1.29 is 17.9 Å². The van der Waals surface area contributed by atoms with Gasteiger partial charge in [0.15, 0.2) is 0 Å². The van der Waals surface area contributed by atoms with Crippen molar-refractivity contribution in [1.29, 1.82) is 0 Å². The monoisotopic (exact) mass is 265 g/mol. The van der Waals surface area contributed by atoms with Gasteiger partial charge in [-0.25, -0.2) is 0 Å². The maximum atomic E-state index is 12.8. The van der Waals surface area contributed by atoms with Crippen molar-refractivity contribution in [3.8, 4) is 0 Å². The first-order valence-corrected chi connectivity index (χ1v) is 5.67. The van der Waals surface area contributed by atoms with E-state index in [-0.39, 0.29) is 12.2 Å². The zero-order valence-electron chi connectivity index (χ0n) is 10.1. The third-order valence-electron chi connectivity index (χ3n) is 2.62. The molecular formula is C15H12F3O+. The normalized spacial score (nSPS) is 14.9. The van der Waals surface area contributed by atoms with Gasteiger partial charge in [0.25, 0.3) is 0 Å². The van der Waals surface area contributed by atoms with E-state index in [1.807, 2.05) is 0 Å². The second-order valence-electron chi connectivity index (χ2n) is 4.09. The summed E-state index contributed by atoms with van der Waals surface area (Å²) in [5.74, 6) is 0.504. The third-order valence-corrected chi connectivity index (χ3v) is 2.62. The number of benzene rings is 1. The molecular weight excluding hydrogens is 253 g/mol. The Morgan fingerprint density at radius 2 is 1.95 bits per heavy atom. The zero-order valence-corrected chi connectivity index (χ0v) is 10.1. The van der Waals surface area contributed by atoms with Crippen LogP contribution < -0.4 is 0 Å². The maximum Gasteiger partial charge on any atom is 0.416 e. The molecule has 2 rings (SSSR count). The van der Waals surface area contributed by atoms with Crippen molar-refractivity contribution >= 4 is 0 Å². The van der Waals surface area contributed by atoms with Gasteiger partial charge in [-0.2, -0.15) is 13.2 Å². The van der Waals surface area contributed by atoms with Crippen LogP contribution in [0.4, 0.5) is 13.2 Å². The van der Waals surface area contributed by atoms with Crippen molar-refractivity contribution in [3.05, 3.63) is 78.0 Å². The SMILES string of the molecule is C=C1C=C[CH+]C(OCc2ccccc2C(F)(F)F)=C1. The molecule has 1 aliphatic rings. The van der Waals surface area contributed by atoms with E-state index >= 15 is 0 Å². The Balaban J connectivity index is 2.10. The number of halogens is 3. The van der Waals surface area contributed by atoms with Crippen molar-refractivity contribution in [2.24, 2.45) is 0 Å². The molecule has 0 fully saturated rings. The fourth-order valence-corrected chi connectivity index (χ4v) is 1.72.